The van der Waals surface area contributed by atoms with Crippen molar-refractivity contribution >= 4 is 23.4 Å². The second kappa shape index (κ2) is 6.06. The van der Waals surface area contributed by atoms with E-state index >= 15 is 0 Å². The molecule has 19 heavy (non-hydrogen) atoms. The predicted octanol–water partition coefficient (Wildman–Crippen LogP) is 2.94. The average Bonchev–Trinajstić information content (AvgIpc) is 2.46. The van der Waals surface area contributed by atoms with E-state index in [9.17, 15) is 14.9 Å². The number of likely N-dealkylation sites (tertiary alicyclic amines) is 1. The molecule has 0 saturated carbocycles. The number of carbonyl (C=O) groups is 1. The Morgan fingerprint density at radius 1 is 1.32 bits per heavy atom. The topological polar surface area (TPSA) is 63.5 Å². The highest BCUT2D eigenvalue weighted by Crippen LogP contribution is 2.29. The van der Waals surface area contributed by atoms with Gasteiger partial charge in [-0.3, -0.25) is 14.9 Å². The zero-order valence-electron chi connectivity index (χ0n) is 10.8. The van der Waals surface area contributed by atoms with Crippen molar-refractivity contribution in [1.82, 2.24) is 4.90 Å². The molecule has 0 spiro atoms. The number of carbonyl (C=O) groups excluding carboxylic acids is 1. The third-order valence-electron chi connectivity index (χ3n) is 3.27. The molecule has 102 valence electrons. The first-order valence-corrected chi connectivity index (χ1v) is 7.47. The molecule has 1 amide bonds. The molecule has 1 saturated heterocycles. The van der Waals surface area contributed by atoms with Gasteiger partial charge in [0.15, 0.2) is 0 Å². The van der Waals surface area contributed by atoms with Crippen molar-refractivity contribution in [2.75, 3.05) is 19.3 Å². The molecule has 0 radical (unpaired) electrons. The number of nitro benzene ring substituents is 1. The van der Waals surface area contributed by atoms with Crippen LogP contribution >= 0.6 is 11.8 Å². The summed E-state index contributed by atoms with van der Waals surface area (Å²) in [6.45, 7) is 1.49. The minimum Gasteiger partial charge on any atom is -0.339 e. The molecule has 2 rings (SSSR count). The molecule has 1 fully saturated rings. The maximum atomic E-state index is 12.3. The average molecular weight is 280 g/mol. The molecule has 0 atom stereocenters. The third-order valence-corrected chi connectivity index (χ3v) is 4.05. The van der Waals surface area contributed by atoms with Gasteiger partial charge in [0.05, 0.1) is 9.82 Å². The van der Waals surface area contributed by atoms with E-state index in [0.717, 1.165) is 32.4 Å². The lowest BCUT2D eigenvalue weighted by Gasteiger charge is -2.26. The number of hydrogen-bond donors (Lipinski definition) is 0. The van der Waals surface area contributed by atoms with Crippen LogP contribution in [0, 0.1) is 10.1 Å². The number of thioether (sulfide) groups is 1. The van der Waals surface area contributed by atoms with Crippen LogP contribution in [0.3, 0.4) is 0 Å². The second-order valence-corrected chi connectivity index (χ2v) is 5.34. The predicted molar refractivity (Wildman–Crippen MR) is 74.6 cm³/mol. The van der Waals surface area contributed by atoms with Gasteiger partial charge in [0.1, 0.15) is 0 Å². The highest BCUT2D eigenvalue weighted by molar-refractivity contribution is 7.98. The number of benzene rings is 1. The van der Waals surface area contributed by atoms with Crippen molar-refractivity contribution < 1.29 is 9.72 Å². The fourth-order valence-electron chi connectivity index (χ4n) is 2.25. The van der Waals surface area contributed by atoms with E-state index in [-0.39, 0.29) is 11.6 Å². The molecular weight excluding hydrogens is 264 g/mol. The molecule has 0 N–H and O–H groups in total. The van der Waals surface area contributed by atoms with Crippen molar-refractivity contribution in [3.63, 3.8) is 0 Å². The van der Waals surface area contributed by atoms with Crippen LogP contribution in [0.25, 0.3) is 0 Å². The van der Waals surface area contributed by atoms with Crippen molar-refractivity contribution in [2.45, 2.75) is 24.2 Å². The summed E-state index contributed by atoms with van der Waals surface area (Å²) in [6.07, 6.45) is 4.96. The SMILES string of the molecule is CSc1ccc(C(=O)N2CCCCC2)cc1[N+](=O)[O-]. The van der Waals surface area contributed by atoms with Gasteiger partial charge < -0.3 is 4.90 Å². The Bertz CT molecular complexity index is 499. The van der Waals surface area contributed by atoms with Crippen LogP contribution in [0.5, 0.6) is 0 Å². The normalized spacial score (nSPS) is 15.3. The van der Waals surface area contributed by atoms with Gasteiger partial charge in [0, 0.05) is 24.7 Å². The zero-order chi connectivity index (χ0) is 13.8. The maximum absolute atomic E-state index is 12.3. The fourth-order valence-corrected chi connectivity index (χ4v) is 2.79. The molecule has 1 aliphatic heterocycles. The van der Waals surface area contributed by atoms with E-state index in [1.54, 1.807) is 23.3 Å². The fraction of sp³-hybridized carbons (Fsp3) is 0.462. The highest BCUT2D eigenvalue weighted by Gasteiger charge is 2.21. The molecule has 0 aliphatic carbocycles. The summed E-state index contributed by atoms with van der Waals surface area (Å²) in [6, 6.07) is 4.72. The van der Waals surface area contributed by atoms with Crippen LogP contribution in [0.1, 0.15) is 29.6 Å². The number of nitro groups is 1. The Hall–Kier alpha value is -1.56. The summed E-state index contributed by atoms with van der Waals surface area (Å²) in [7, 11) is 0. The molecular formula is C13H16N2O3S. The minimum absolute atomic E-state index is 0.00959. The largest absolute Gasteiger partial charge is 0.339 e. The number of hydrogen-bond acceptors (Lipinski definition) is 4. The smallest absolute Gasteiger partial charge is 0.283 e. The van der Waals surface area contributed by atoms with E-state index < -0.39 is 4.92 Å². The van der Waals surface area contributed by atoms with Crippen molar-refractivity contribution in [3.05, 3.63) is 33.9 Å². The molecule has 0 aromatic heterocycles. The molecule has 6 heteroatoms. The van der Waals surface area contributed by atoms with Crippen molar-refractivity contribution in [3.8, 4) is 0 Å². The Morgan fingerprint density at radius 2 is 2.00 bits per heavy atom. The third kappa shape index (κ3) is 3.07. The minimum atomic E-state index is -0.432. The molecule has 0 bridgehead atoms. The van der Waals surface area contributed by atoms with Crippen LogP contribution in [0.4, 0.5) is 5.69 Å². The number of nitrogens with zero attached hydrogens (tertiary/aromatic N) is 2. The van der Waals surface area contributed by atoms with Crippen LogP contribution in [-0.4, -0.2) is 35.1 Å². The van der Waals surface area contributed by atoms with Gasteiger partial charge in [0.2, 0.25) is 0 Å². The van der Waals surface area contributed by atoms with Crippen LogP contribution in [-0.2, 0) is 0 Å². The van der Waals surface area contributed by atoms with Gasteiger partial charge in [-0.25, -0.2) is 0 Å². The van der Waals surface area contributed by atoms with Gasteiger partial charge in [-0.05, 0) is 37.7 Å². The van der Waals surface area contributed by atoms with Crippen LogP contribution in [0.15, 0.2) is 23.1 Å². The summed E-state index contributed by atoms with van der Waals surface area (Å²) < 4.78 is 0. The summed E-state index contributed by atoms with van der Waals surface area (Å²) >= 11 is 1.31. The highest BCUT2D eigenvalue weighted by atomic mass is 32.2. The number of piperidine rings is 1. The standard InChI is InChI=1S/C13H16N2O3S/c1-19-12-6-5-10(9-11(12)15(17)18)13(16)14-7-3-2-4-8-14/h5-6,9H,2-4,7-8H2,1H3. The van der Waals surface area contributed by atoms with Crippen LogP contribution in [0.2, 0.25) is 0 Å². The Morgan fingerprint density at radius 3 is 2.58 bits per heavy atom. The summed E-state index contributed by atoms with van der Waals surface area (Å²) in [5.74, 6) is -0.101. The summed E-state index contributed by atoms with van der Waals surface area (Å²) in [4.78, 5) is 25.2. The molecule has 0 unspecified atom stereocenters. The van der Waals surface area contributed by atoms with Gasteiger partial charge >= 0.3 is 0 Å². The zero-order valence-corrected chi connectivity index (χ0v) is 11.6. The van der Waals surface area contributed by atoms with Gasteiger partial charge in [-0.15, -0.1) is 11.8 Å². The lowest BCUT2D eigenvalue weighted by Crippen LogP contribution is -2.35. The van der Waals surface area contributed by atoms with E-state index in [1.165, 1.54) is 17.8 Å². The van der Waals surface area contributed by atoms with Gasteiger partial charge in [-0.1, -0.05) is 0 Å². The number of rotatable bonds is 3. The Balaban J connectivity index is 2.26. The van der Waals surface area contributed by atoms with Gasteiger partial charge in [0.25, 0.3) is 11.6 Å². The van der Waals surface area contributed by atoms with Crippen LogP contribution < -0.4 is 0 Å². The lowest BCUT2D eigenvalue weighted by atomic mass is 10.1. The van der Waals surface area contributed by atoms with Crippen molar-refractivity contribution in [2.24, 2.45) is 0 Å². The van der Waals surface area contributed by atoms with E-state index in [0.29, 0.717) is 10.5 Å². The van der Waals surface area contributed by atoms with E-state index in [2.05, 4.69) is 0 Å². The first-order valence-electron chi connectivity index (χ1n) is 6.25. The quantitative estimate of drug-likeness (QED) is 0.485. The number of amides is 1. The Labute approximate surface area is 116 Å². The lowest BCUT2D eigenvalue weighted by molar-refractivity contribution is -0.387. The molecule has 1 aliphatic rings. The maximum Gasteiger partial charge on any atom is 0.283 e. The monoisotopic (exact) mass is 280 g/mol. The first-order chi connectivity index (χ1) is 9.13. The van der Waals surface area contributed by atoms with E-state index in [4.69, 9.17) is 0 Å². The molecule has 1 heterocycles. The molecule has 5 nitrogen and oxygen atoms in total. The second-order valence-electron chi connectivity index (χ2n) is 4.50. The van der Waals surface area contributed by atoms with E-state index in [1.807, 2.05) is 0 Å². The molecule has 1 aromatic carbocycles. The molecule has 1 aromatic rings. The Kier molecular flexibility index (Phi) is 4.42. The first kappa shape index (κ1) is 13.9. The van der Waals surface area contributed by atoms with Crippen molar-refractivity contribution in [1.29, 1.82) is 0 Å². The van der Waals surface area contributed by atoms with Gasteiger partial charge in [-0.2, -0.15) is 0 Å². The summed E-state index contributed by atoms with van der Waals surface area (Å²) in [5.41, 5.74) is 0.418. The summed E-state index contributed by atoms with van der Waals surface area (Å²) in [5, 5.41) is 11.0.